The number of allylic oxidation sites excluding steroid dienone is 1. The van der Waals surface area contributed by atoms with Gasteiger partial charge < -0.3 is 9.47 Å². The molecule has 9 aromatic carbocycles. The van der Waals surface area contributed by atoms with Crippen molar-refractivity contribution in [1.29, 1.82) is 0 Å². The molecule has 59 heavy (non-hydrogen) atoms. The van der Waals surface area contributed by atoms with Crippen molar-refractivity contribution < 1.29 is 0 Å². The monoisotopic (exact) mass is 754 g/mol. The molecule has 0 saturated carbocycles. The third-order valence-corrected chi connectivity index (χ3v) is 11.5. The van der Waals surface area contributed by atoms with E-state index in [-0.39, 0.29) is 0 Å². The fourth-order valence-corrected chi connectivity index (χ4v) is 8.77. The van der Waals surface area contributed by atoms with Gasteiger partial charge in [0.25, 0.3) is 0 Å². The van der Waals surface area contributed by atoms with Gasteiger partial charge in [0.2, 0.25) is 0 Å². The minimum atomic E-state index is 1.08. The second kappa shape index (κ2) is 15.3. The van der Waals surface area contributed by atoms with Crippen LogP contribution < -0.4 is 4.90 Å². The highest BCUT2D eigenvalue weighted by Gasteiger charge is 2.19. The molecule has 280 valence electrons. The van der Waals surface area contributed by atoms with E-state index in [0.717, 1.165) is 45.1 Å². The summed E-state index contributed by atoms with van der Waals surface area (Å²) in [5.74, 6) is 0. The molecule has 0 aliphatic rings. The summed E-state index contributed by atoms with van der Waals surface area (Å²) >= 11 is 0. The number of aromatic nitrogens is 1. The number of para-hydroxylation sites is 2. The lowest BCUT2D eigenvalue weighted by Gasteiger charge is -2.26. The normalized spacial score (nSPS) is 11.5. The Kier molecular flexibility index (Phi) is 9.29. The summed E-state index contributed by atoms with van der Waals surface area (Å²) in [5.41, 5.74) is 14.9. The first kappa shape index (κ1) is 35.7. The molecule has 0 aliphatic carbocycles. The fourth-order valence-electron chi connectivity index (χ4n) is 8.77. The summed E-state index contributed by atoms with van der Waals surface area (Å²) in [6.07, 6.45) is 6.26. The summed E-state index contributed by atoms with van der Waals surface area (Å²) in [5, 5.41) is 6.20. The average Bonchev–Trinajstić information content (AvgIpc) is 3.62. The van der Waals surface area contributed by atoms with Crippen LogP contribution in [0.2, 0.25) is 0 Å². The van der Waals surface area contributed by atoms with E-state index in [9.17, 15) is 0 Å². The van der Waals surface area contributed by atoms with Crippen LogP contribution in [-0.4, -0.2) is 4.57 Å². The van der Waals surface area contributed by atoms with Gasteiger partial charge in [0.15, 0.2) is 0 Å². The summed E-state index contributed by atoms with van der Waals surface area (Å²) in [7, 11) is 0. The zero-order valence-corrected chi connectivity index (χ0v) is 33.0. The lowest BCUT2D eigenvalue weighted by molar-refractivity contribution is 1.11. The third kappa shape index (κ3) is 6.42. The largest absolute Gasteiger partial charge is 0.311 e. The first-order chi connectivity index (χ1) is 29.2. The smallest absolute Gasteiger partial charge is 0.0541 e. The van der Waals surface area contributed by atoms with Crippen molar-refractivity contribution in [2.24, 2.45) is 0 Å². The minimum absolute atomic E-state index is 1.08. The Labute approximate surface area is 345 Å². The van der Waals surface area contributed by atoms with Gasteiger partial charge in [-0.2, -0.15) is 0 Å². The highest BCUT2D eigenvalue weighted by molar-refractivity contribution is 5.99. The number of rotatable bonds is 9. The summed E-state index contributed by atoms with van der Waals surface area (Å²) in [4.78, 5) is 2.36. The van der Waals surface area contributed by atoms with Crippen LogP contribution >= 0.6 is 0 Å². The van der Waals surface area contributed by atoms with Crippen LogP contribution in [0.5, 0.6) is 0 Å². The molecule has 10 rings (SSSR count). The fraction of sp³-hybridized carbons (Fsp3) is 0.0175. The maximum Gasteiger partial charge on any atom is 0.0541 e. The molecule has 0 fully saturated rings. The van der Waals surface area contributed by atoms with Crippen molar-refractivity contribution in [3.8, 4) is 39.1 Å². The second-order valence-corrected chi connectivity index (χ2v) is 14.9. The van der Waals surface area contributed by atoms with Gasteiger partial charge in [-0.3, -0.25) is 0 Å². The van der Waals surface area contributed by atoms with Crippen LogP contribution in [0.1, 0.15) is 18.2 Å². The van der Waals surface area contributed by atoms with Gasteiger partial charge >= 0.3 is 0 Å². The highest BCUT2D eigenvalue weighted by atomic mass is 15.1. The van der Waals surface area contributed by atoms with Gasteiger partial charge in [-0.05, 0) is 111 Å². The molecule has 1 aromatic heterocycles. The van der Waals surface area contributed by atoms with E-state index in [1.54, 1.807) is 0 Å². The Balaban J connectivity index is 1.07. The van der Waals surface area contributed by atoms with Gasteiger partial charge in [0, 0.05) is 33.6 Å². The Morgan fingerprint density at radius 1 is 0.424 bits per heavy atom. The SMILES string of the molecule is C=Cc1c(/C=C\C)c2ccccc2n1-c1ccccc1-c1ccc(N(c2ccc(-c3cccc4ccccc34)cc2)c2ccc(-c3cccc4ccccc34)cc2)cc1. The van der Waals surface area contributed by atoms with Gasteiger partial charge in [-0.1, -0.05) is 176 Å². The number of anilines is 3. The molecule has 0 N–H and O–H groups in total. The van der Waals surface area contributed by atoms with E-state index < -0.39 is 0 Å². The molecular weight excluding hydrogens is 713 g/mol. The van der Waals surface area contributed by atoms with Crippen molar-refractivity contribution in [3.05, 3.63) is 230 Å². The van der Waals surface area contributed by atoms with E-state index in [2.05, 4.69) is 241 Å². The van der Waals surface area contributed by atoms with E-state index in [1.807, 2.05) is 6.08 Å². The van der Waals surface area contributed by atoms with E-state index in [4.69, 9.17) is 0 Å². The minimum Gasteiger partial charge on any atom is -0.311 e. The molecule has 2 nitrogen and oxygen atoms in total. The molecule has 0 bridgehead atoms. The molecule has 0 atom stereocenters. The van der Waals surface area contributed by atoms with Gasteiger partial charge in [-0.15, -0.1) is 0 Å². The topological polar surface area (TPSA) is 8.17 Å². The Morgan fingerprint density at radius 2 is 0.847 bits per heavy atom. The van der Waals surface area contributed by atoms with Crippen molar-refractivity contribution >= 4 is 61.7 Å². The van der Waals surface area contributed by atoms with Crippen LogP contribution in [0.15, 0.2) is 219 Å². The molecule has 0 radical (unpaired) electrons. The maximum atomic E-state index is 4.26. The van der Waals surface area contributed by atoms with Crippen molar-refractivity contribution in [2.75, 3.05) is 4.90 Å². The Bertz CT molecular complexity index is 3030. The molecular formula is C57H42N2. The number of fused-ring (bicyclic) bond motifs is 3. The summed E-state index contributed by atoms with van der Waals surface area (Å²) < 4.78 is 2.35. The third-order valence-electron chi connectivity index (χ3n) is 11.5. The van der Waals surface area contributed by atoms with Crippen molar-refractivity contribution in [2.45, 2.75) is 6.92 Å². The lowest BCUT2D eigenvalue weighted by Crippen LogP contribution is -2.10. The number of hydrogen-bond donors (Lipinski definition) is 0. The average molecular weight is 755 g/mol. The van der Waals surface area contributed by atoms with Crippen LogP contribution in [0.25, 0.3) is 83.7 Å². The van der Waals surface area contributed by atoms with Gasteiger partial charge in [0.05, 0.1) is 16.9 Å². The molecule has 10 aromatic rings. The summed E-state index contributed by atoms with van der Waals surface area (Å²) in [6.45, 7) is 6.32. The summed E-state index contributed by atoms with van der Waals surface area (Å²) in [6, 6.07) is 74.6. The molecule has 0 spiro atoms. The predicted molar refractivity (Wildman–Crippen MR) is 254 cm³/mol. The molecule has 0 unspecified atom stereocenters. The first-order valence-corrected chi connectivity index (χ1v) is 20.2. The molecule has 0 aliphatic heterocycles. The quantitative estimate of drug-likeness (QED) is 0.142. The Morgan fingerprint density at radius 3 is 1.37 bits per heavy atom. The van der Waals surface area contributed by atoms with E-state index in [1.165, 1.54) is 54.7 Å². The van der Waals surface area contributed by atoms with Gasteiger partial charge in [0.1, 0.15) is 0 Å². The van der Waals surface area contributed by atoms with Crippen LogP contribution in [0.3, 0.4) is 0 Å². The van der Waals surface area contributed by atoms with Crippen LogP contribution in [0, 0.1) is 0 Å². The van der Waals surface area contributed by atoms with Crippen molar-refractivity contribution in [1.82, 2.24) is 4.57 Å². The van der Waals surface area contributed by atoms with E-state index in [0.29, 0.717) is 0 Å². The molecule has 2 heteroatoms. The standard InChI is InChI=1S/C57H42N2/c1-3-15-53-54-23-10-12-27-57(54)59(55(53)4-2)56-26-11-9-22-52(56)44-32-38-47(39-33-44)58(45-34-28-42(29-35-45)50-24-13-18-40-16-5-7-20-48(40)50)46-36-30-43(31-37-46)51-25-14-19-41-17-6-8-21-49(41)51/h3-39H,2H2,1H3/b15-3-. The highest BCUT2D eigenvalue weighted by Crippen LogP contribution is 2.41. The number of hydrogen-bond acceptors (Lipinski definition) is 1. The second-order valence-electron chi connectivity index (χ2n) is 14.9. The predicted octanol–water partition coefficient (Wildman–Crippen LogP) is 16.1. The molecule has 1 heterocycles. The van der Waals surface area contributed by atoms with Crippen LogP contribution in [-0.2, 0) is 0 Å². The molecule has 0 amide bonds. The van der Waals surface area contributed by atoms with Crippen molar-refractivity contribution in [3.63, 3.8) is 0 Å². The Hall–Kier alpha value is -7.68. The number of benzene rings is 9. The van der Waals surface area contributed by atoms with Crippen LogP contribution in [0.4, 0.5) is 17.1 Å². The van der Waals surface area contributed by atoms with E-state index >= 15 is 0 Å². The lowest BCUT2D eigenvalue weighted by atomic mass is 9.97. The van der Waals surface area contributed by atoms with Gasteiger partial charge in [-0.25, -0.2) is 0 Å². The first-order valence-electron chi connectivity index (χ1n) is 20.2. The maximum absolute atomic E-state index is 4.26. The zero-order valence-electron chi connectivity index (χ0n) is 33.0. The number of nitrogens with zero attached hydrogens (tertiary/aromatic N) is 2. The molecule has 0 saturated heterocycles. The zero-order chi connectivity index (χ0) is 39.7.